The molecule has 0 aromatic heterocycles. The predicted molar refractivity (Wildman–Crippen MR) is 64.2 cm³/mol. The van der Waals surface area contributed by atoms with E-state index in [9.17, 15) is 9.90 Å². The second-order valence-electron chi connectivity index (χ2n) is 4.22. The van der Waals surface area contributed by atoms with Crippen LogP contribution in [0, 0.1) is 5.92 Å². The Morgan fingerprint density at radius 1 is 1.39 bits per heavy atom. The van der Waals surface area contributed by atoms with Crippen molar-refractivity contribution in [2.75, 3.05) is 27.4 Å². The summed E-state index contributed by atoms with van der Waals surface area (Å²) in [6, 6.07) is 5.19. The Bertz CT molecular complexity index is 439. The zero-order valence-corrected chi connectivity index (χ0v) is 10.4. The van der Waals surface area contributed by atoms with Gasteiger partial charge in [0.2, 0.25) is 0 Å². The maximum Gasteiger partial charge on any atom is 0.311 e. The summed E-state index contributed by atoms with van der Waals surface area (Å²) >= 11 is 0. The number of carboxylic acids is 1. The number of carbonyl (C=O) groups is 1. The molecule has 1 N–H and O–H groups in total. The van der Waals surface area contributed by atoms with E-state index in [4.69, 9.17) is 14.2 Å². The molecule has 0 aliphatic carbocycles. The number of benzene rings is 1. The highest BCUT2D eigenvalue weighted by Crippen LogP contribution is 2.37. The van der Waals surface area contributed by atoms with Crippen molar-refractivity contribution < 1.29 is 24.1 Å². The Labute approximate surface area is 105 Å². The maximum atomic E-state index is 11.5. The van der Waals surface area contributed by atoms with Gasteiger partial charge >= 0.3 is 5.97 Å². The predicted octanol–water partition coefficient (Wildman–Crippen LogP) is 1.52. The van der Waals surface area contributed by atoms with Gasteiger partial charge in [0.1, 0.15) is 11.5 Å². The topological polar surface area (TPSA) is 65.0 Å². The molecule has 1 fully saturated rings. The largest absolute Gasteiger partial charge is 0.497 e. The SMILES string of the molecule is COc1ccc(OC)c(C(C(=O)O)C2COC2)c1. The Kier molecular flexibility index (Phi) is 3.72. The molecule has 1 atom stereocenters. The van der Waals surface area contributed by atoms with Crippen LogP contribution in [-0.2, 0) is 9.53 Å². The van der Waals surface area contributed by atoms with E-state index in [1.807, 2.05) is 0 Å². The first-order valence-corrected chi connectivity index (χ1v) is 5.70. The highest BCUT2D eigenvalue weighted by molar-refractivity contribution is 5.78. The zero-order chi connectivity index (χ0) is 13.1. The summed E-state index contributed by atoms with van der Waals surface area (Å²) in [5.41, 5.74) is 0.637. The lowest BCUT2D eigenvalue weighted by atomic mass is 9.84. The summed E-state index contributed by atoms with van der Waals surface area (Å²) in [7, 11) is 3.08. The molecule has 1 unspecified atom stereocenters. The summed E-state index contributed by atoms with van der Waals surface area (Å²) in [6.07, 6.45) is 0. The van der Waals surface area contributed by atoms with Crippen LogP contribution in [0.15, 0.2) is 18.2 Å². The monoisotopic (exact) mass is 252 g/mol. The van der Waals surface area contributed by atoms with Crippen molar-refractivity contribution in [1.29, 1.82) is 0 Å². The molecule has 0 radical (unpaired) electrons. The maximum absolute atomic E-state index is 11.5. The summed E-state index contributed by atoms with van der Waals surface area (Å²) in [4.78, 5) is 11.5. The van der Waals surface area contributed by atoms with Gasteiger partial charge in [0.15, 0.2) is 0 Å². The molecule has 5 nitrogen and oxygen atoms in total. The van der Waals surface area contributed by atoms with E-state index in [2.05, 4.69) is 0 Å². The van der Waals surface area contributed by atoms with Crippen LogP contribution in [0.5, 0.6) is 11.5 Å². The lowest BCUT2D eigenvalue weighted by molar-refractivity contribution is -0.146. The minimum atomic E-state index is -0.866. The standard InChI is InChI=1S/C13H16O5/c1-16-9-3-4-11(17-2)10(5-9)12(13(14)15)8-6-18-7-8/h3-5,8,12H,6-7H2,1-2H3,(H,14,15). The molecule has 1 aromatic rings. The van der Waals surface area contributed by atoms with Gasteiger partial charge in [-0.3, -0.25) is 4.79 Å². The first kappa shape index (κ1) is 12.7. The fourth-order valence-corrected chi connectivity index (χ4v) is 2.12. The molecule has 0 bridgehead atoms. The van der Waals surface area contributed by atoms with Gasteiger partial charge in [-0.15, -0.1) is 0 Å². The second-order valence-corrected chi connectivity index (χ2v) is 4.22. The molecular weight excluding hydrogens is 236 g/mol. The molecule has 2 rings (SSSR count). The van der Waals surface area contributed by atoms with Crippen molar-refractivity contribution >= 4 is 5.97 Å². The lowest BCUT2D eigenvalue weighted by Gasteiger charge is -2.32. The van der Waals surface area contributed by atoms with Gasteiger partial charge in [0.25, 0.3) is 0 Å². The number of rotatable bonds is 5. The molecular formula is C13H16O5. The Balaban J connectivity index is 2.40. The number of ether oxygens (including phenoxy) is 3. The number of hydrogen-bond donors (Lipinski definition) is 1. The van der Waals surface area contributed by atoms with Crippen LogP contribution in [0.25, 0.3) is 0 Å². The molecule has 1 aliphatic rings. The number of methoxy groups -OCH3 is 2. The van der Waals surface area contributed by atoms with E-state index in [0.717, 1.165) is 0 Å². The average molecular weight is 252 g/mol. The first-order chi connectivity index (χ1) is 8.67. The summed E-state index contributed by atoms with van der Waals surface area (Å²) in [6.45, 7) is 0.939. The van der Waals surface area contributed by atoms with Crippen LogP contribution in [0.2, 0.25) is 0 Å². The van der Waals surface area contributed by atoms with E-state index in [1.165, 1.54) is 7.11 Å². The van der Waals surface area contributed by atoms with Gasteiger partial charge < -0.3 is 19.3 Å². The first-order valence-electron chi connectivity index (χ1n) is 5.70. The van der Waals surface area contributed by atoms with Gasteiger partial charge in [0.05, 0.1) is 33.4 Å². The minimum Gasteiger partial charge on any atom is -0.497 e. The van der Waals surface area contributed by atoms with Gasteiger partial charge in [-0.1, -0.05) is 0 Å². The van der Waals surface area contributed by atoms with E-state index in [-0.39, 0.29) is 5.92 Å². The van der Waals surface area contributed by atoms with Crippen LogP contribution in [0.1, 0.15) is 11.5 Å². The normalized spacial score (nSPS) is 16.8. The van der Waals surface area contributed by atoms with Crippen molar-refractivity contribution in [1.82, 2.24) is 0 Å². The van der Waals surface area contributed by atoms with Gasteiger partial charge in [-0.25, -0.2) is 0 Å². The van der Waals surface area contributed by atoms with Crippen molar-refractivity contribution in [3.05, 3.63) is 23.8 Å². The summed E-state index contributed by atoms with van der Waals surface area (Å²) in [5, 5.41) is 9.39. The molecule has 0 spiro atoms. The minimum absolute atomic E-state index is 0.0106. The molecule has 98 valence electrons. The fraction of sp³-hybridized carbons (Fsp3) is 0.462. The number of aliphatic carboxylic acids is 1. The van der Waals surface area contributed by atoms with E-state index >= 15 is 0 Å². The molecule has 1 heterocycles. The highest BCUT2D eigenvalue weighted by atomic mass is 16.5. The van der Waals surface area contributed by atoms with Crippen LogP contribution >= 0.6 is 0 Å². The fourth-order valence-electron chi connectivity index (χ4n) is 2.12. The van der Waals surface area contributed by atoms with Crippen molar-refractivity contribution in [3.63, 3.8) is 0 Å². The van der Waals surface area contributed by atoms with Crippen LogP contribution in [-0.4, -0.2) is 38.5 Å². The smallest absolute Gasteiger partial charge is 0.311 e. The molecule has 1 saturated heterocycles. The van der Waals surface area contributed by atoms with Gasteiger partial charge in [-0.05, 0) is 18.2 Å². The van der Waals surface area contributed by atoms with Crippen LogP contribution < -0.4 is 9.47 Å². The van der Waals surface area contributed by atoms with E-state index < -0.39 is 11.9 Å². The van der Waals surface area contributed by atoms with Crippen LogP contribution in [0.3, 0.4) is 0 Å². The van der Waals surface area contributed by atoms with E-state index in [1.54, 1.807) is 25.3 Å². The molecule has 0 amide bonds. The summed E-state index contributed by atoms with van der Waals surface area (Å²) < 4.78 is 15.5. The number of carboxylic acid groups (broad SMARTS) is 1. The van der Waals surface area contributed by atoms with Gasteiger partial charge in [-0.2, -0.15) is 0 Å². The lowest BCUT2D eigenvalue weighted by Crippen LogP contribution is -2.37. The zero-order valence-electron chi connectivity index (χ0n) is 10.4. The highest BCUT2D eigenvalue weighted by Gasteiger charge is 2.36. The third-order valence-electron chi connectivity index (χ3n) is 3.17. The third-order valence-corrected chi connectivity index (χ3v) is 3.17. The Hall–Kier alpha value is -1.75. The van der Waals surface area contributed by atoms with Crippen LogP contribution in [0.4, 0.5) is 0 Å². The van der Waals surface area contributed by atoms with Crippen molar-refractivity contribution in [2.45, 2.75) is 5.92 Å². The molecule has 1 aromatic carbocycles. The third kappa shape index (κ3) is 2.26. The number of hydrogen-bond acceptors (Lipinski definition) is 4. The molecule has 1 aliphatic heterocycles. The second kappa shape index (κ2) is 5.27. The molecule has 0 saturated carbocycles. The van der Waals surface area contributed by atoms with E-state index in [0.29, 0.717) is 30.3 Å². The Morgan fingerprint density at radius 3 is 2.56 bits per heavy atom. The Morgan fingerprint density at radius 2 is 2.11 bits per heavy atom. The van der Waals surface area contributed by atoms with Crippen molar-refractivity contribution in [3.8, 4) is 11.5 Å². The van der Waals surface area contributed by atoms with Crippen molar-refractivity contribution in [2.24, 2.45) is 5.92 Å². The average Bonchev–Trinajstić information content (AvgIpc) is 2.32. The summed E-state index contributed by atoms with van der Waals surface area (Å²) in [5.74, 6) is -0.311. The van der Waals surface area contributed by atoms with Gasteiger partial charge in [0, 0.05) is 11.5 Å². The quantitative estimate of drug-likeness (QED) is 0.860. The molecule has 5 heteroatoms. The molecule has 18 heavy (non-hydrogen) atoms.